The van der Waals surface area contributed by atoms with Gasteiger partial charge in [-0.25, -0.2) is 0 Å². The van der Waals surface area contributed by atoms with Gasteiger partial charge in [0.2, 0.25) is 0 Å². The van der Waals surface area contributed by atoms with Gasteiger partial charge < -0.3 is 10.5 Å². The number of aryl methyl sites for hydroxylation is 1. The average Bonchev–Trinajstić information content (AvgIpc) is 2.75. The quantitative estimate of drug-likeness (QED) is 0.897. The Morgan fingerprint density at radius 2 is 1.94 bits per heavy atom. The maximum Gasteiger partial charge on any atom is 0.0886 e. The molecule has 0 aliphatic heterocycles. The Kier molecular flexibility index (Phi) is 3.52. The molecule has 1 atom stereocenters. The molecule has 4 nitrogen and oxygen atoms in total. The predicted octanol–water partition coefficient (Wildman–Crippen LogP) is 2.41. The normalized spacial score (nSPS) is 23.8. The van der Waals surface area contributed by atoms with E-state index in [-0.39, 0.29) is 11.6 Å². The maximum atomic E-state index is 6.46. The summed E-state index contributed by atoms with van der Waals surface area (Å²) in [7, 11) is 3.72. The molecule has 1 aliphatic carbocycles. The summed E-state index contributed by atoms with van der Waals surface area (Å²) in [6, 6.07) is 1.89. The van der Waals surface area contributed by atoms with Crippen molar-refractivity contribution in [3.63, 3.8) is 0 Å². The highest BCUT2D eigenvalue weighted by molar-refractivity contribution is 5.13. The zero-order chi connectivity index (χ0) is 13.4. The van der Waals surface area contributed by atoms with Crippen molar-refractivity contribution < 1.29 is 4.74 Å². The van der Waals surface area contributed by atoms with Crippen molar-refractivity contribution in [3.05, 3.63) is 18.0 Å². The van der Waals surface area contributed by atoms with Crippen LogP contribution < -0.4 is 5.73 Å². The lowest BCUT2D eigenvalue weighted by atomic mass is 9.68. The lowest BCUT2D eigenvalue weighted by Crippen LogP contribution is -2.47. The molecule has 0 amide bonds. The van der Waals surface area contributed by atoms with Gasteiger partial charge in [-0.3, -0.25) is 4.68 Å². The van der Waals surface area contributed by atoms with E-state index in [4.69, 9.17) is 10.5 Å². The second-order valence-corrected chi connectivity index (χ2v) is 6.29. The minimum absolute atomic E-state index is 0.105. The smallest absolute Gasteiger partial charge is 0.0886 e. The molecule has 1 aromatic rings. The maximum absolute atomic E-state index is 6.46. The summed E-state index contributed by atoms with van der Waals surface area (Å²) in [4.78, 5) is 0. The molecule has 18 heavy (non-hydrogen) atoms. The van der Waals surface area contributed by atoms with E-state index >= 15 is 0 Å². The van der Waals surface area contributed by atoms with Gasteiger partial charge >= 0.3 is 0 Å². The molecule has 1 saturated carbocycles. The molecular weight excluding hydrogens is 226 g/mol. The topological polar surface area (TPSA) is 53.1 Å². The molecule has 102 valence electrons. The first kappa shape index (κ1) is 13.6. The number of hydrogen-bond acceptors (Lipinski definition) is 3. The highest BCUT2D eigenvalue weighted by atomic mass is 16.5. The van der Waals surface area contributed by atoms with E-state index in [1.54, 1.807) is 13.3 Å². The zero-order valence-corrected chi connectivity index (χ0v) is 11.9. The van der Waals surface area contributed by atoms with Crippen LogP contribution in [0.4, 0.5) is 0 Å². The molecule has 0 bridgehead atoms. The van der Waals surface area contributed by atoms with Crippen molar-refractivity contribution in [1.82, 2.24) is 9.78 Å². The lowest BCUT2D eigenvalue weighted by Gasteiger charge is -2.45. The van der Waals surface area contributed by atoms with Crippen LogP contribution in [0.15, 0.2) is 12.3 Å². The minimum atomic E-state index is -0.233. The third-order valence-corrected chi connectivity index (χ3v) is 4.60. The summed E-state index contributed by atoms with van der Waals surface area (Å²) in [5.74, 6) is 0. The van der Waals surface area contributed by atoms with Gasteiger partial charge in [0.05, 0.1) is 17.3 Å². The fourth-order valence-electron chi connectivity index (χ4n) is 2.95. The summed E-state index contributed by atoms with van der Waals surface area (Å²) in [6.45, 7) is 4.64. The Balaban J connectivity index is 2.21. The predicted molar refractivity (Wildman–Crippen MR) is 72.1 cm³/mol. The minimum Gasteiger partial charge on any atom is -0.376 e. The van der Waals surface area contributed by atoms with Crippen LogP contribution in [0.1, 0.15) is 51.3 Å². The molecule has 2 rings (SSSR count). The fourth-order valence-corrected chi connectivity index (χ4v) is 2.95. The fraction of sp³-hybridized carbons (Fsp3) is 0.786. The number of nitrogens with zero attached hydrogens (tertiary/aromatic N) is 2. The van der Waals surface area contributed by atoms with Crippen LogP contribution in [0.5, 0.6) is 0 Å². The number of ether oxygens (including phenoxy) is 1. The van der Waals surface area contributed by atoms with Crippen LogP contribution >= 0.6 is 0 Å². The standard InChI is InChI=1S/C14H25N3O/c1-13(2)6-8-14(18-4,9-7-13)12(15)11-5-10-16-17(11)3/h5,10,12H,6-9,15H2,1-4H3. The summed E-state index contributed by atoms with van der Waals surface area (Å²) >= 11 is 0. The number of hydrogen-bond donors (Lipinski definition) is 1. The van der Waals surface area contributed by atoms with Crippen molar-refractivity contribution in [1.29, 1.82) is 0 Å². The molecule has 1 fully saturated rings. The van der Waals surface area contributed by atoms with E-state index in [0.29, 0.717) is 5.41 Å². The van der Waals surface area contributed by atoms with E-state index in [2.05, 4.69) is 18.9 Å². The number of nitrogens with two attached hydrogens (primary N) is 1. The van der Waals surface area contributed by atoms with Crippen LogP contribution in [0.3, 0.4) is 0 Å². The van der Waals surface area contributed by atoms with E-state index in [1.165, 1.54) is 0 Å². The Morgan fingerprint density at radius 1 is 1.33 bits per heavy atom. The van der Waals surface area contributed by atoms with Gasteiger partial charge in [-0.1, -0.05) is 13.8 Å². The van der Waals surface area contributed by atoms with Gasteiger partial charge in [0.15, 0.2) is 0 Å². The molecule has 1 aromatic heterocycles. The van der Waals surface area contributed by atoms with Gasteiger partial charge in [0.25, 0.3) is 0 Å². The third-order valence-electron chi connectivity index (χ3n) is 4.60. The Labute approximate surface area is 110 Å². The first-order valence-electron chi connectivity index (χ1n) is 6.69. The largest absolute Gasteiger partial charge is 0.376 e. The Morgan fingerprint density at radius 3 is 2.39 bits per heavy atom. The van der Waals surface area contributed by atoms with E-state index in [9.17, 15) is 0 Å². The molecule has 0 radical (unpaired) electrons. The number of rotatable bonds is 3. The van der Waals surface area contributed by atoms with Crippen LogP contribution in [0.2, 0.25) is 0 Å². The van der Waals surface area contributed by atoms with E-state index < -0.39 is 0 Å². The Bertz CT molecular complexity index is 401. The van der Waals surface area contributed by atoms with Gasteiger partial charge in [-0.2, -0.15) is 5.10 Å². The highest BCUT2D eigenvalue weighted by Crippen LogP contribution is 2.46. The van der Waals surface area contributed by atoms with Crippen LogP contribution in [0, 0.1) is 5.41 Å². The van der Waals surface area contributed by atoms with Crippen LogP contribution in [-0.2, 0) is 11.8 Å². The molecule has 0 aromatic carbocycles. The number of aromatic nitrogens is 2. The SMILES string of the molecule is COC1(C(N)c2ccnn2C)CCC(C)(C)CC1. The van der Waals surface area contributed by atoms with Gasteiger partial charge in [0.1, 0.15) is 0 Å². The van der Waals surface area contributed by atoms with Gasteiger partial charge in [0, 0.05) is 20.4 Å². The summed E-state index contributed by atoms with van der Waals surface area (Å²) in [6.07, 6.45) is 6.15. The van der Waals surface area contributed by atoms with Crippen molar-refractivity contribution in [2.75, 3.05) is 7.11 Å². The van der Waals surface area contributed by atoms with E-state index in [1.807, 2.05) is 17.8 Å². The molecule has 1 heterocycles. The number of methoxy groups -OCH3 is 1. The summed E-state index contributed by atoms with van der Waals surface area (Å²) in [5, 5.41) is 4.21. The molecule has 0 saturated heterocycles. The van der Waals surface area contributed by atoms with E-state index in [0.717, 1.165) is 31.4 Å². The highest BCUT2D eigenvalue weighted by Gasteiger charge is 2.44. The summed E-state index contributed by atoms with van der Waals surface area (Å²) in [5.41, 5.74) is 7.69. The molecule has 4 heteroatoms. The van der Waals surface area contributed by atoms with Gasteiger partial charge in [-0.05, 0) is 37.2 Å². The molecule has 1 aliphatic rings. The zero-order valence-electron chi connectivity index (χ0n) is 11.9. The van der Waals surface area contributed by atoms with Crippen LogP contribution in [-0.4, -0.2) is 22.5 Å². The third kappa shape index (κ3) is 2.31. The molecular formula is C14H25N3O. The molecule has 1 unspecified atom stereocenters. The van der Waals surface area contributed by atoms with Crippen molar-refractivity contribution >= 4 is 0 Å². The summed E-state index contributed by atoms with van der Waals surface area (Å²) < 4.78 is 7.70. The van der Waals surface area contributed by atoms with Crippen molar-refractivity contribution in [2.24, 2.45) is 18.2 Å². The van der Waals surface area contributed by atoms with Crippen LogP contribution in [0.25, 0.3) is 0 Å². The second-order valence-electron chi connectivity index (χ2n) is 6.29. The molecule has 2 N–H and O–H groups in total. The first-order valence-corrected chi connectivity index (χ1v) is 6.69. The van der Waals surface area contributed by atoms with Gasteiger partial charge in [-0.15, -0.1) is 0 Å². The lowest BCUT2D eigenvalue weighted by molar-refractivity contribution is -0.0808. The average molecular weight is 251 g/mol. The molecule has 0 spiro atoms. The Hall–Kier alpha value is -0.870. The van der Waals surface area contributed by atoms with Crippen molar-refractivity contribution in [3.8, 4) is 0 Å². The monoisotopic (exact) mass is 251 g/mol. The van der Waals surface area contributed by atoms with Crippen molar-refractivity contribution in [2.45, 2.75) is 51.2 Å². The first-order chi connectivity index (χ1) is 8.40. The second kappa shape index (κ2) is 4.67.